The maximum Gasteiger partial charge on any atom is 0.142 e. The molecule has 1 nitrogen and oxygen atoms in total. The van der Waals surface area contributed by atoms with Crippen LogP contribution in [-0.2, 0) is 5.60 Å². The van der Waals surface area contributed by atoms with Crippen LogP contribution in [0.5, 0.6) is 0 Å². The van der Waals surface area contributed by atoms with Gasteiger partial charge in [-0.1, -0.05) is 94.8 Å². The number of hydrogen-bond acceptors (Lipinski definition) is 1. The lowest BCUT2D eigenvalue weighted by Crippen LogP contribution is -2.26. The predicted molar refractivity (Wildman–Crippen MR) is 106 cm³/mol. The number of halogens is 1. The molecule has 0 bridgehead atoms. The van der Waals surface area contributed by atoms with Crippen LogP contribution in [0.1, 0.15) is 16.7 Å². The van der Waals surface area contributed by atoms with Crippen LogP contribution in [0.3, 0.4) is 0 Å². The van der Waals surface area contributed by atoms with E-state index in [0.717, 1.165) is 43.1 Å². The lowest BCUT2D eigenvalue weighted by molar-refractivity contribution is 0.132. The van der Waals surface area contributed by atoms with Gasteiger partial charge in [-0.3, -0.25) is 0 Å². The molecule has 1 aliphatic carbocycles. The van der Waals surface area contributed by atoms with Crippen molar-refractivity contribution in [3.8, 4) is 11.1 Å². The molecular formula is C23H15BrO. The largest absolute Gasteiger partial charge is 0.376 e. The molecule has 1 atom stereocenters. The summed E-state index contributed by atoms with van der Waals surface area (Å²) in [5.74, 6) is 0. The molecule has 0 radical (unpaired) electrons. The van der Waals surface area contributed by atoms with Gasteiger partial charge < -0.3 is 5.11 Å². The van der Waals surface area contributed by atoms with Crippen LogP contribution in [0.4, 0.5) is 0 Å². The summed E-state index contributed by atoms with van der Waals surface area (Å²) >= 11 is 3.75. The SMILES string of the molecule is OC1(c2ccccc2)c2ccccc2-c2c(Br)cc3ccccc3c21. The topological polar surface area (TPSA) is 20.2 Å². The zero-order valence-corrected chi connectivity index (χ0v) is 15.0. The van der Waals surface area contributed by atoms with E-state index in [4.69, 9.17) is 0 Å². The highest BCUT2D eigenvalue weighted by atomic mass is 79.9. The third-order valence-corrected chi connectivity index (χ3v) is 5.77. The summed E-state index contributed by atoms with van der Waals surface area (Å²) in [6.07, 6.45) is 0. The van der Waals surface area contributed by atoms with Gasteiger partial charge in [0.1, 0.15) is 5.60 Å². The molecule has 4 aromatic rings. The Labute approximate surface area is 154 Å². The first kappa shape index (κ1) is 14.9. The van der Waals surface area contributed by atoms with Crippen molar-refractivity contribution < 1.29 is 5.11 Å². The Bertz CT molecular complexity index is 1120. The predicted octanol–water partition coefficient (Wildman–Crippen LogP) is 5.87. The Morgan fingerprint density at radius 2 is 1.44 bits per heavy atom. The molecule has 0 fully saturated rings. The average molecular weight is 387 g/mol. The lowest BCUT2D eigenvalue weighted by Gasteiger charge is -2.27. The van der Waals surface area contributed by atoms with E-state index in [1.54, 1.807) is 0 Å². The van der Waals surface area contributed by atoms with Crippen molar-refractivity contribution in [3.05, 3.63) is 106 Å². The van der Waals surface area contributed by atoms with Crippen molar-refractivity contribution in [1.29, 1.82) is 0 Å². The summed E-state index contributed by atoms with van der Waals surface area (Å²) in [6, 6.07) is 28.5. The molecule has 0 aromatic heterocycles. The van der Waals surface area contributed by atoms with Crippen molar-refractivity contribution in [1.82, 2.24) is 0 Å². The monoisotopic (exact) mass is 386 g/mol. The molecule has 4 aromatic carbocycles. The van der Waals surface area contributed by atoms with Crippen LogP contribution in [0.15, 0.2) is 89.4 Å². The first-order valence-electron chi connectivity index (χ1n) is 8.31. The Morgan fingerprint density at radius 1 is 0.760 bits per heavy atom. The standard InChI is InChI=1S/C23H15BrO/c24-20-14-15-8-4-5-11-17(15)22-21(20)18-12-6-7-13-19(18)23(22,25)16-9-2-1-3-10-16/h1-14,25H. The van der Waals surface area contributed by atoms with Crippen LogP contribution in [-0.4, -0.2) is 5.11 Å². The molecule has 5 rings (SSSR count). The molecule has 1 aliphatic rings. The molecule has 0 saturated heterocycles. The normalized spacial score (nSPS) is 18.2. The molecular weight excluding hydrogens is 372 g/mol. The van der Waals surface area contributed by atoms with Gasteiger partial charge in [-0.25, -0.2) is 0 Å². The molecule has 1 N–H and O–H groups in total. The Balaban J connectivity index is 2.01. The van der Waals surface area contributed by atoms with E-state index >= 15 is 0 Å². The third-order valence-electron chi connectivity index (χ3n) is 5.14. The summed E-state index contributed by atoms with van der Waals surface area (Å²) in [5, 5.41) is 14.3. The van der Waals surface area contributed by atoms with Gasteiger partial charge in [-0.2, -0.15) is 0 Å². The van der Waals surface area contributed by atoms with Gasteiger partial charge >= 0.3 is 0 Å². The van der Waals surface area contributed by atoms with Crippen molar-refractivity contribution >= 4 is 26.7 Å². The Hall–Kier alpha value is -2.42. The highest BCUT2D eigenvalue weighted by Gasteiger charge is 2.45. The second kappa shape index (κ2) is 5.29. The molecule has 0 saturated carbocycles. The minimum Gasteiger partial charge on any atom is -0.376 e. The van der Waals surface area contributed by atoms with Gasteiger partial charge in [-0.05, 0) is 28.0 Å². The molecule has 120 valence electrons. The molecule has 0 heterocycles. The fourth-order valence-corrected chi connectivity index (χ4v) is 4.74. The quantitative estimate of drug-likeness (QED) is 0.433. The minimum absolute atomic E-state index is 0.893. The Kier molecular flexibility index (Phi) is 3.15. The van der Waals surface area contributed by atoms with E-state index in [9.17, 15) is 5.11 Å². The highest BCUT2D eigenvalue weighted by Crippen LogP contribution is 2.55. The second-order valence-corrected chi connectivity index (χ2v) is 7.31. The van der Waals surface area contributed by atoms with Crippen LogP contribution in [0.2, 0.25) is 0 Å². The number of fused-ring (bicyclic) bond motifs is 5. The zero-order valence-electron chi connectivity index (χ0n) is 13.4. The Morgan fingerprint density at radius 3 is 2.28 bits per heavy atom. The van der Waals surface area contributed by atoms with Crippen LogP contribution < -0.4 is 0 Å². The highest BCUT2D eigenvalue weighted by molar-refractivity contribution is 9.10. The van der Waals surface area contributed by atoms with Crippen LogP contribution >= 0.6 is 15.9 Å². The van der Waals surface area contributed by atoms with Crippen LogP contribution in [0, 0.1) is 0 Å². The summed E-state index contributed by atoms with van der Waals surface area (Å²) < 4.78 is 1.01. The zero-order chi connectivity index (χ0) is 17.0. The smallest absolute Gasteiger partial charge is 0.142 e. The number of aliphatic hydroxyl groups is 1. The molecule has 25 heavy (non-hydrogen) atoms. The van der Waals surface area contributed by atoms with Crippen molar-refractivity contribution in [3.63, 3.8) is 0 Å². The first-order valence-corrected chi connectivity index (χ1v) is 9.10. The number of rotatable bonds is 1. The van der Waals surface area contributed by atoms with E-state index in [0.29, 0.717) is 0 Å². The van der Waals surface area contributed by atoms with Gasteiger partial charge in [0.25, 0.3) is 0 Å². The van der Waals surface area contributed by atoms with E-state index in [2.05, 4.69) is 40.2 Å². The van der Waals surface area contributed by atoms with Gasteiger partial charge in [0, 0.05) is 21.2 Å². The van der Waals surface area contributed by atoms with E-state index < -0.39 is 5.60 Å². The summed E-state index contributed by atoms with van der Waals surface area (Å²) in [7, 11) is 0. The van der Waals surface area contributed by atoms with Gasteiger partial charge in [-0.15, -0.1) is 0 Å². The fraction of sp³-hybridized carbons (Fsp3) is 0.0435. The van der Waals surface area contributed by atoms with E-state index in [1.807, 2.05) is 60.7 Å². The van der Waals surface area contributed by atoms with Crippen molar-refractivity contribution in [2.45, 2.75) is 5.60 Å². The minimum atomic E-state index is -1.16. The number of benzene rings is 4. The second-order valence-electron chi connectivity index (χ2n) is 6.45. The summed E-state index contributed by atoms with van der Waals surface area (Å²) in [6.45, 7) is 0. The maximum absolute atomic E-state index is 12.1. The maximum atomic E-state index is 12.1. The number of hydrogen-bond donors (Lipinski definition) is 1. The molecule has 0 amide bonds. The van der Waals surface area contributed by atoms with Crippen molar-refractivity contribution in [2.75, 3.05) is 0 Å². The molecule has 0 aliphatic heterocycles. The summed E-state index contributed by atoms with van der Waals surface area (Å²) in [5.41, 5.74) is 3.81. The fourth-order valence-electron chi connectivity index (χ4n) is 4.08. The van der Waals surface area contributed by atoms with E-state index in [-0.39, 0.29) is 0 Å². The molecule has 0 spiro atoms. The van der Waals surface area contributed by atoms with Gasteiger partial charge in [0.15, 0.2) is 0 Å². The molecule has 1 unspecified atom stereocenters. The van der Waals surface area contributed by atoms with E-state index in [1.165, 1.54) is 0 Å². The molecule has 2 heteroatoms. The van der Waals surface area contributed by atoms with Crippen molar-refractivity contribution in [2.24, 2.45) is 0 Å². The van der Waals surface area contributed by atoms with Gasteiger partial charge in [0.2, 0.25) is 0 Å². The lowest BCUT2D eigenvalue weighted by atomic mass is 9.82. The average Bonchev–Trinajstić information content (AvgIpc) is 2.94. The third kappa shape index (κ3) is 1.92. The van der Waals surface area contributed by atoms with Crippen LogP contribution in [0.25, 0.3) is 21.9 Å². The summed E-state index contributed by atoms with van der Waals surface area (Å²) in [4.78, 5) is 0. The van der Waals surface area contributed by atoms with Gasteiger partial charge in [0.05, 0.1) is 0 Å². The first-order chi connectivity index (χ1) is 12.2.